The van der Waals surface area contributed by atoms with Gasteiger partial charge in [-0.3, -0.25) is 0 Å². The second-order valence-corrected chi connectivity index (χ2v) is 4.22. The fourth-order valence-electron chi connectivity index (χ4n) is 1.86. The fourth-order valence-corrected chi connectivity index (χ4v) is 1.86. The molecule has 0 amide bonds. The van der Waals surface area contributed by atoms with Crippen LogP contribution >= 0.6 is 0 Å². The first-order valence-electron chi connectivity index (χ1n) is 5.61. The number of carboxylic acid groups (broad SMARTS) is 1. The molecule has 1 heterocycles. The Kier molecular flexibility index (Phi) is 3.49. The van der Waals surface area contributed by atoms with Gasteiger partial charge in [-0.05, 0) is 24.6 Å². The van der Waals surface area contributed by atoms with E-state index in [1.807, 2.05) is 0 Å². The molecular weight excluding hydrogens is 220 g/mol. The number of rotatable bonds is 4. The van der Waals surface area contributed by atoms with Gasteiger partial charge < -0.3 is 20.9 Å². The highest BCUT2D eigenvalue weighted by molar-refractivity contribution is 5.94. The number of hydrogen-bond acceptors (Lipinski definition) is 4. The van der Waals surface area contributed by atoms with E-state index in [0.717, 1.165) is 31.9 Å². The Balaban J connectivity index is 2.00. The number of aromatic carboxylic acids is 1. The molecule has 1 saturated heterocycles. The Morgan fingerprint density at radius 1 is 1.59 bits per heavy atom. The molecule has 1 atom stereocenters. The van der Waals surface area contributed by atoms with Gasteiger partial charge in [0, 0.05) is 30.4 Å². The number of hydrogen-bond donors (Lipinski definition) is 3. The zero-order valence-electron chi connectivity index (χ0n) is 9.48. The van der Waals surface area contributed by atoms with Crippen molar-refractivity contribution in [2.75, 3.05) is 30.8 Å². The molecule has 0 aliphatic carbocycles. The molecule has 0 aromatic heterocycles. The fraction of sp³-hybridized carbons (Fsp3) is 0.417. The van der Waals surface area contributed by atoms with Gasteiger partial charge in [-0.2, -0.15) is 0 Å². The molecule has 92 valence electrons. The third-order valence-electron chi connectivity index (χ3n) is 2.90. The zero-order valence-corrected chi connectivity index (χ0v) is 9.48. The second-order valence-electron chi connectivity index (χ2n) is 4.22. The van der Waals surface area contributed by atoms with Crippen LogP contribution in [0.15, 0.2) is 18.2 Å². The average molecular weight is 236 g/mol. The lowest BCUT2D eigenvalue weighted by atomic mass is 10.1. The molecule has 5 heteroatoms. The molecule has 0 spiro atoms. The van der Waals surface area contributed by atoms with Crippen LogP contribution in [-0.2, 0) is 4.74 Å². The molecule has 1 aromatic carbocycles. The molecule has 0 saturated carbocycles. The van der Waals surface area contributed by atoms with Crippen LogP contribution in [0.5, 0.6) is 0 Å². The van der Waals surface area contributed by atoms with Crippen molar-refractivity contribution in [3.63, 3.8) is 0 Å². The summed E-state index contributed by atoms with van der Waals surface area (Å²) in [6, 6.07) is 4.96. The molecule has 1 unspecified atom stereocenters. The first-order chi connectivity index (χ1) is 8.16. The third-order valence-corrected chi connectivity index (χ3v) is 2.90. The zero-order chi connectivity index (χ0) is 12.3. The molecule has 4 N–H and O–H groups in total. The van der Waals surface area contributed by atoms with Gasteiger partial charge in [0.15, 0.2) is 0 Å². The van der Waals surface area contributed by atoms with Crippen LogP contribution in [0, 0.1) is 5.92 Å². The van der Waals surface area contributed by atoms with Crippen molar-refractivity contribution < 1.29 is 14.6 Å². The molecule has 1 fully saturated rings. The number of nitrogen functional groups attached to an aromatic ring is 1. The SMILES string of the molecule is Nc1ccc(NCC2CCOC2)cc1C(=O)O. The van der Waals surface area contributed by atoms with Gasteiger partial charge in [-0.1, -0.05) is 0 Å². The van der Waals surface area contributed by atoms with Gasteiger partial charge in [-0.25, -0.2) is 4.79 Å². The van der Waals surface area contributed by atoms with E-state index in [9.17, 15) is 4.79 Å². The lowest BCUT2D eigenvalue weighted by Crippen LogP contribution is -2.14. The predicted octanol–water partition coefficient (Wildman–Crippen LogP) is 1.42. The smallest absolute Gasteiger partial charge is 0.337 e. The highest BCUT2D eigenvalue weighted by Crippen LogP contribution is 2.19. The first kappa shape index (κ1) is 11.7. The summed E-state index contributed by atoms with van der Waals surface area (Å²) in [5.74, 6) is -0.504. The number of carbonyl (C=O) groups is 1. The van der Waals surface area contributed by atoms with Gasteiger partial charge in [-0.15, -0.1) is 0 Å². The van der Waals surface area contributed by atoms with Crippen molar-refractivity contribution in [2.45, 2.75) is 6.42 Å². The topological polar surface area (TPSA) is 84.6 Å². The Labute approximate surface area is 99.6 Å². The summed E-state index contributed by atoms with van der Waals surface area (Å²) in [5, 5.41) is 12.2. The summed E-state index contributed by atoms with van der Waals surface area (Å²) in [5.41, 5.74) is 6.78. The maximum Gasteiger partial charge on any atom is 0.337 e. The average Bonchev–Trinajstić information content (AvgIpc) is 2.80. The van der Waals surface area contributed by atoms with Crippen LogP contribution in [0.4, 0.5) is 11.4 Å². The first-order valence-corrected chi connectivity index (χ1v) is 5.61. The molecule has 0 radical (unpaired) electrons. The van der Waals surface area contributed by atoms with Crippen molar-refractivity contribution in [2.24, 2.45) is 5.92 Å². The number of nitrogens with one attached hydrogen (secondary N) is 1. The maximum atomic E-state index is 10.9. The van der Waals surface area contributed by atoms with Crippen molar-refractivity contribution in [3.8, 4) is 0 Å². The van der Waals surface area contributed by atoms with E-state index in [2.05, 4.69) is 5.32 Å². The van der Waals surface area contributed by atoms with Gasteiger partial charge in [0.2, 0.25) is 0 Å². The molecule has 1 aromatic rings. The summed E-state index contributed by atoms with van der Waals surface area (Å²) in [6.07, 6.45) is 1.05. The largest absolute Gasteiger partial charge is 0.478 e. The monoisotopic (exact) mass is 236 g/mol. The summed E-state index contributed by atoms with van der Waals surface area (Å²) in [4.78, 5) is 10.9. The van der Waals surface area contributed by atoms with E-state index in [-0.39, 0.29) is 11.3 Å². The summed E-state index contributed by atoms with van der Waals surface area (Å²) < 4.78 is 5.27. The number of anilines is 2. The van der Waals surface area contributed by atoms with Gasteiger partial charge in [0.05, 0.1) is 12.2 Å². The molecule has 17 heavy (non-hydrogen) atoms. The second kappa shape index (κ2) is 5.05. The number of carboxylic acids is 1. The van der Waals surface area contributed by atoms with E-state index in [0.29, 0.717) is 5.92 Å². The van der Waals surface area contributed by atoms with Gasteiger partial charge in [0.1, 0.15) is 0 Å². The highest BCUT2D eigenvalue weighted by Gasteiger charge is 2.15. The van der Waals surface area contributed by atoms with E-state index >= 15 is 0 Å². The number of ether oxygens (including phenoxy) is 1. The van der Waals surface area contributed by atoms with Crippen molar-refractivity contribution in [3.05, 3.63) is 23.8 Å². The van der Waals surface area contributed by atoms with Crippen LogP contribution in [0.25, 0.3) is 0 Å². The molecule has 0 bridgehead atoms. The summed E-state index contributed by atoms with van der Waals surface area (Å²) in [6.45, 7) is 2.38. The standard InChI is InChI=1S/C12H16N2O3/c13-11-2-1-9(5-10(11)12(15)16)14-6-8-3-4-17-7-8/h1-2,5,8,14H,3-4,6-7,13H2,(H,15,16). The van der Waals surface area contributed by atoms with Gasteiger partial charge in [0.25, 0.3) is 0 Å². The van der Waals surface area contributed by atoms with Crippen molar-refractivity contribution >= 4 is 17.3 Å². The van der Waals surface area contributed by atoms with Crippen LogP contribution in [-0.4, -0.2) is 30.8 Å². The minimum atomic E-state index is -1.00. The quantitative estimate of drug-likeness (QED) is 0.688. The number of nitrogens with two attached hydrogens (primary N) is 1. The Morgan fingerprint density at radius 2 is 2.41 bits per heavy atom. The summed E-state index contributed by atoms with van der Waals surface area (Å²) in [7, 11) is 0. The molecule has 5 nitrogen and oxygen atoms in total. The Bertz CT molecular complexity index is 414. The molecule has 1 aliphatic rings. The van der Waals surface area contributed by atoms with E-state index < -0.39 is 5.97 Å². The number of benzene rings is 1. The van der Waals surface area contributed by atoms with Crippen molar-refractivity contribution in [1.82, 2.24) is 0 Å². The van der Waals surface area contributed by atoms with E-state index in [1.165, 1.54) is 0 Å². The Morgan fingerprint density at radius 3 is 3.06 bits per heavy atom. The minimum Gasteiger partial charge on any atom is -0.478 e. The van der Waals surface area contributed by atoms with Crippen LogP contribution in [0.1, 0.15) is 16.8 Å². The molecule has 2 rings (SSSR count). The highest BCUT2D eigenvalue weighted by atomic mass is 16.5. The maximum absolute atomic E-state index is 10.9. The molecular formula is C12H16N2O3. The van der Waals surface area contributed by atoms with Crippen LogP contribution in [0.3, 0.4) is 0 Å². The van der Waals surface area contributed by atoms with Crippen molar-refractivity contribution in [1.29, 1.82) is 0 Å². The predicted molar refractivity (Wildman–Crippen MR) is 65.2 cm³/mol. The van der Waals surface area contributed by atoms with Crippen LogP contribution < -0.4 is 11.1 Å². The van der Waals surface area contributed by atoms with E-state index in [1.54, 1.807) is 18.2 Å². The third kappa shape index (κ3) is 2.88. The lowest BCUT2D eigenvalue weighted by Gasteiger charge is -2.11. The van der Waals surface area contributed by atoms with Crippen LogP contribution in [0.2, 0.25) is 0 Å². The lowest BCUT2D eigenvalue weighted by molar-refractivity contribution is 0.0698. The minimum absolute atomic E-state index is 0.137. The normalized spacial score (nSPS) is 19.2. The summed E-state index contributed by atoms with van der Waals surface area (Å²) >= 11 is 0. The van der Waals surface area contributed by atoms with E-state index in [4.69, 9.17) is 15.6 Å². The Hall–Kier alpha value is -1.75. The van der Waals surface area contributed by atoms with Gasteiger partial charge >= 0.3 is 5.97 Å². The molecule has 1 aliphatic heterocycles.